The van der Waals surface area contributed by atoms with Crippen LogP contribution in [0.25, 0.3) is 0 Å². The number of hydrogen-bond donors (Lipinski definition) is 1. The monoisotopic (exact) mass is 315 g/mol. The second-order valence-corrected chi connectivity index (χ2v) is 5.07. The minimum Gasteiger partial charge on any atom is -0.452 e. The quantitative estimate of drug-likeness (QED) is 0.859. The number of esters is 1. The molecule has 0 atom stereocenters. The van der Waals surface area contributed by atoms with Crippen LogP contribution in [0.4, 0.5) is 10.1 Å². The summed E-state index contributed by atoms with van der Waals surface area (Å²) in [5.41, 5.74) is 2.46. The average molecular weight is 315 g/mol. The summed E-state index contributed by atoms with van der Waals surface area (Å²) in [7, 11) is 0. The number of carbonyl (C=O) groups is 2. The van der Waals surface area contributed by atoms with Gasteiger partial charge in [-0.2, -0.15) is 0 Å². The number of amides is 1. The smallest absolute Gasteiger partial charge is 0.341 e. The van der Waals surface area contributed by atoms with Crippen LogP contribution in [0.15, 0.2) is 42.5 Å². The maximum absolute atomic E-state index is 13.5. The van der Waals surface area contributed by atoms with Crippen molar-refractivity contribution in [1.82, 2.24) is 0 Å². The molecule has 0 radical (unpaired) electrons. The third-order valence-corrected chi connectivity index (χ3v) is 3.43. The van der Waals surface area contributed by atoms with Gasteiger partial charge in [0.1, 0.15) is 5.82 Å². The van der Waals surface area contributed by atoms with Gasteiger partial charge in [0.25, 0.3) is 5.91 Å². The van der Waals surface area contributed by atoms with Crippen LogP contribution < -0.4 is 5.32 Å². The number of rotatable bonds is 5. The first-order valence-corrected chi connectivity index (χ1v) is 7.33. The van der Waals surface area contributed by atoms with Gasteiger partial charge in [-0.15, -0.1) is 0 Å². The largest absolute Gasteiger partial charge is 0.452 e. The molecule has 23 heavy (non-hydrogen) atoms. The lowest BCUT2D eigenvalue weighted by Gasteiger charge is -2.13. The molecule has 0 heterocycles. The van der Waals surface area contributed by atoms with Gasteiger partial charge in [0, 0.05) is 5.69 Å². The second kappa shape index (κ2) is 7.54. The summed E-state index contributed by atoms with van der Waals surface area (Å²) >= 11 is 0. The maximum Gasteiger partial charge on any atom is 0.341 e. The summed E-state index contributed by atoms with van der Waals surface area (Å²) in [6, 6.07) is 11.2. The fraction of sp³-hybridized carbons (Fsp3) is 0.222. The van der Waals surface area contributed by atoms with Crippen molar-refractivity contribution in [3.8, 4) is 0 Å². The van der Waals surface area contributed by atoms with E-state index >= 15 is 0 Å². The standard InChI is InChI=1S/C18H18FNO3/c1-3-13-8-6-7-12(2)17(13)20-16(21)11-23-18(22)14-9-4-5-10-15(14)19/h4-10H,3,11H2,1-2H3,(H,20,21). The summed E-state index contributed by atoms with van der Waals surface area (Å²) < 4.78 is 18.3. The van der Waals surface area contributed by atoms with Crippen LogP contribution in [0.1, 0.15) is 28.4 Å². The van der Waals surface area contributed by atoms with Crippen molar-refractivity contribution in [2.45, 2.75) is 20.3 Å². The third-order valence-electron chi connectivity index (χ3n) is 3.43. The van der Waals surface area contributed by atoms with Gasteiger partial charge in [0.05, 0.1) is 5.56 Å². The first-order valence-electron chi connectivity index (χ1n) is 7.33. The summed E-state index contributed by atoms with van der Waals surface area (Å²) in [6.45, 7) is 3.41. The van der Waals surface area contributed by atoms with Gasteiger partial charge < -0.3 is 10.1 Å². The van der Waals surface area contributed by atoms with Gasteiger partial charge in [-0.3, -0.25) is 4.79 Å². The minimum atomic E-state index is -0.862. The highest BCUT2D eigenvalue weighted by atomic mass is 19.1. The Kier molecular flexibility index (Phi) is 5.46. The van der Waals surface area contributed by atoms with Crippen LogP contribution in [0.3, 0.4) is 0 Å². The molecule has 0 bridgehead atoms. The molecule has 0 aliphatic heterocycles. The summed E-state index contributed by atoms with van der Waals surface area (Å²) in [5.74, 6) is -2.00. The van der Waals surface area contributed by atoms with Crippen molar-refractivity contribution in [2.75, 3.05) is 11.9 Å². The Bertz CT molecular complexity index is 728. The number of hydrogen-bond acceptors (Lipinski definition) is 3. The lowest BCUT2D eigenvalue weighted by molar-refractivity contribution is -0.119. The van der Waals surface area contributed by atoms with Gasteiger partial charge in [0.2, 0.25) is 0 Å². The summed E-state index contributed by atoms with van der Waals surface area (Å²) in [4.78, 5) is 23.7. The number of carbonyl (C=O) groups excluding carboxylic acids is 2. The van der Waals surface area contributed by atoms with E-state index in [1.54, 1.807) is 0 Å². The molecular weight excluding hydrogens is 297 g/mol. The Labute approximate surface area is 134 Å². The van der Waals surface area contributed by atoms with Crippen LogP contribution in [-0.2, 0) is 16.0 Å². The molecule has 1 amide bonds. The Morgan fingerprint density at radius 2 is 1.87 bits per heavy atom. The lowest BCUT2D eigenvalue weighted by atomic mass is 10.1. The number of halogens is 1. The molecule has 0 saturated heterocycles. The number of ether oxygens (including phenoxy) is 1. The summed E-state index contributed by atoms with van der Waals surface area (Å²) in [5, 5.41) is 2.74. The topological polar surface area (TPSA) is 55.4 Å². The molecule has 120 valence electrons. The first kappa shape index (κ1) is 16.7. The molecule has 2 aromatic rings. The van der Waals surface area contributed by atoms with E-state index in [-0.39, 0.29) is 5.56 Å². The minimum absolute atomic E-state index is 0.189. The van der Waals surface area contributed by atoms with Crippen molar-refractivity contribution in [1.29, 1.82) is 0 Å². The number of nitrogens with one attached hydrogen (secondary N) is 1. The normalized spacial score (nSPS) is 10.2. The van der Waals surface area contributed by atoms with E-state index in [1.807, 2.05) is 32.0 Å². The SMILES string of the molecule is CCc1cccc(C)c1NC(=O)COC(=O)c1ccccc1F. The maximum atomic E-state index is 13.5. The van der Waals surface area contributed by atoms with Crippen molar-refractivity contribution in [3.63, 3.8) is 0 Å². The molecule has 5 heteroatoms. The number of benzene rings is 2. The van der Waals surface area contributed by atoms with Crippen molar-refractivity contribution < 1.29 is 18.7 Å². The van der Waals surface area contributed by atoms with Crippen molar-refractivity contribution in [2.24, 2.45) is 0 Å². The molecule has 0 saturated carbocycles. The first-order chi connectivity index (χ1) is 11.0. The molecule has 2 rings (SSSR count). The Morgan fingerprint density at radius 3 is 2.57 bits per heavy atom. The number of para-hydroxylation sites is 1. The third kappa shape index (κ3) is 4.16. The Morgan fingerprint density at radius 1 is 1.13 bits per heavy atom. The fourth-order valence-corrected chi connectivity index (χ4v) is 2.21. The highest BCUT2D eigenvalue weighted by molar-refractivity contribution is 5.96. The van der Waals surface area contributed by atoms with Gasteiger partial charge in [0.15, 0.2) is 6.61 Å². The Hall–Kier alpha value is -2.69. The molecule has 0 unspecified atom stereocenters. The average Bonchev–Trinajstić information content (AvgIpc) is 2.55. The molecular formula is C18H18FNO3. The second-order valence-electron chi connectivity index (χ2n) is 5.07. The Balaban J connectivity index is 1.99. The van der Waals surface area contributed by atoms with Crippen LogP contribution in [0.2, 0.25) is 0 Å². The zero-order chi connectivity index (χ0) is 16.8. The molecule has 0 fully saturated rings. The highest BCUT2D eigenvalue weighted by Gasteiger charge is 2.15. The van der Waals surface area contributed by atoms with E-state index in [0.717, 1.165) is 29.3 Å². The van der Waals surface area contributed by atoms with E-state index in [0.29, 0.717) is 0 Å². The molecule has 4 nitrogen and oxygen atoms in total. The van der Waals surface area contributed by atoms with Crippen LogP contribution in [-0.4, -0.2) is 18.5 Å². The molecule has 0 aliphatic carbocycles. The zero-order valence-electron chi connectivity index (χ0n) is 13.1. The molecule has 0 aromatic heterocycles. The van der Waals surface area contributed by atoms with Gasteiger partial charge in [-0.25, -0.2) is 9.18 Å². The molecule has 1 N–H and O–H groups in total. The molecule has 2 aromatic carbocycles. The van der Waals surface area contributed by atoms with E-state index in [9.17, 15) is 14.0 Å². The van der Waals surface area contributed by atoms with Crippen LogP contribution in [0.5, 0.6) is 0 Å². The molecule has 0 aliphatic rings. The van der Waals surface area contributed by atoms with E-state index in [2.05, 4.69) is 5.32 Å². The highest BCUT2D eigenvalue weighted by Crippen LogP contribution is 2.21. The zero-order valence-corrected chi connectivity index (χ0v) is 13.1. The summed E-state index contributed by atoms with van der Waals surface area (Å²) in [6.07, 6.45) is 0.770. The van der Waals surface area contributed by atoms with Crippen molar-refractivity contribution >= 4 is 17.6 Å². The van der Waals surface area contributed by atoms with Crippen molar-refractivity contribution in [3.05, 3.63) is 65.0 Å². The fourth-order valence-electron chi connectivity index (χ4n) is 2.21. The van der Waals surface area contributed by atoms with E-state index < -0.39 is 24.3 Å². The number of anilines is 1. The van der Waals surface area contributed by atoms with Gasteiger partial charge >= 0.3 is 5.97 Å². The predicted octanol–water partition coefficient (Wildman–Crippen LogP) is 3.49. The number of aryl methyl sites for hydroxylation is 2. The lowest BCUT2D eigenvalue weighted by Crippen LogP contribution is -2.22. The van der Waals surface area contributed by atoms with E-state index in [4.69, 9.17) is 4.74 Å². The van der Waals surface area contributed by atoms with Gasteiger partial charge in [-0.05, 0) is 36.6 Å². The van der Waals surface area contributed by atoms with Crippen LogP contribution in [0, 0.1) is 12.7 Å². The predicted molar refractivity (Wildman–Crippen MR) is 85.9 cm³/mol. The van der Waals surface area contributed by atoms with Crippen LogP contribution >= 0.6 is 0 Å². The van der Waals surface area contributed by atoms with Gasteiger partial charge in [-0.1, -0.05) is 37.3 Å². The molecule has 0 spiro atoms. The van der Waals surface area contributed by atoms with E-state index in [1.165, 1.54) is 18.2 Å².